The molecule has 0 aromatic rings. The quantitative estimate of drug-likeness (QED) is 0.645. The van der Waals surface area contributed by atoms with E-state index in [2.05, 4.69) is 13.8 Å². The van der Waals surface area contributed by atoms with Gasteiger partial charge >= 0.3 is 0 Å². The molecule has 1 spiro atoms. The van der Waals surface area contributed by atoms with Crippen molar-refractivity contribution in [1.29, 1.82) is 0 Å². The minimum atomic E-state index is -0.428. The fraction of sp³-hybridized carbons (Fsp3) is 0.895. The molecule has 0 amide bonds. The standard InChI is InChI=1S/C19H26O3/c1-17-9-7-13-11(12(17)5-6-14(17)20)10-15(21)19-16(22-19)4-3-8-18(13,19)2/h11-13,16H,3-10H2,1-2H3/t11-,12-,13-,16+,17-,18+,19+/m0/s1. The first-order valence-electron chi connectivity index (χ1n) is 9.18. The second kappa shape index (κ2) is 3.85. The highest BCUT2D eigenvalue weighted by Gasteiger charge is 2.78. The summed E-state index contributed by atoms with van der Waals surface area (Å²) in [4.78, 5) is 25.4. The monoisotopic (exact) mass is 302 g/mol. The number of carbonyl (C=O) groups is 2. The van der Waals surface area contributed by atoms with Gasteiger partial charge in [-0.05, 0) is 49.9 Å². The summed E-state index contributed by atoms with van der Waals surface area (Å²) in [5.74, 6) is 2.27. The van der Waals surface area contributed by atoms with Crippen molar-refractivity contribution in [3.63, 3.8) is 0 Å². The molecule has 5 rings (SSSR count). The van der Waals surface area contributed by atoms with E-state index in [1.165, 1.54) is 6.42 Å². The van der Waals surface area contributed by atoms with Crippen LogP contribution >= 0.6 is 0 Å². The Morgan fingerprint density at radius 2 is 1.82 bits per heavy atom. The topological polar surface area (TPSA) is 46.7 Å². The molecule has 5 fully saturated rings. The van der Waals surface area contributed by atoms with Gasteiger partial charge in [-0.1, -0.05) is 20.3 Å². The molecule has 0 aromatic heterocycles. The first-order chi connectivity index (χ1) is 10.4. The number of epoxide rings is 1. The van der Waals surface area contributed by atoms with Crippen molar-refractivity contribution in [2.45, 2.75) is 76.9 Å². The summed E-state index contributed by atoms with van der Waals surface area (Å²) < 4.78 is 6.07. The van der Waals surface area contributed by atoms with Crippen molar-refractivity contribution in [1.82, 2.24) is 0 Å². The molecule has 1 aliphatic heterocycles. The van der Waals surface area contributed by atoms with Gasteiger partial charge < -0.3 is 4.74 Å². The number of Topliss-reactive ketones (excluding diaryl/α,β-unsaturated/α-hetero) is 2. The lowest BCUT2D eigenvalue weighted by Crippen LogP contribution is -2.61. The van der Waals surface area contributed by atoms with E-state index in [4.69, 9.17) is 4.74 Å². The van der Waals surface area contributed by atoms with Crippen molar-refractivity contribution in [2.24, 2.45) is 28.6 Å². The third-order valence-corrected chi connectivity index (χ3v) is 8.54. The molecule has 0 unspecified atom stereocenters. The molecule has 3 heteroatoms. The van der Waals surface area contributed by atoms with E-state index in [1.807, 2.05) is 0 Å². The number of ketones is 2. The van der Waals surface area contributed by atoms with Gasteiger partial charge in [0.15, 0.2) is 11.4 Å². The fourth-order valence-corrected chi connectivity index (χ4v) is 7.32. The predicted molar refractivity (Wildman–Crippen MR) is 81.2 cm³/mol. The third-order valence-electron chi connectivity index (χ3n) is 8.54. The normalized spacial score (nSPS) is 59.4. The smallest absolute Gasteiger partial charge is 0.168 e. The maximum absolute atomic E-state index is 13.0. The van der Waals surface area contributed by atoms with Crippen LogP contribution in [0.3, 0.4) is 0 Å². The van der Waals surface area contributed by atoms with E-state index < -0.39 is 5.60 Å². The molecule has 0 aromatic carbocycles. The largest absolute Gasteiger partial charge is 0.357 e. The molecule has 0 radical (unpaired) electrons. The zero-order chi connectivity index (χ0) is 15.3. The Hall–Kier alpha value is -0.700. The van der Waals surface area contributed by atoms with Crippen molar-refractivity contribution in [3.05, 3.63) is 0 Å². The molecule has 22 heavy (non-hydrogen) atoms. The van der Waals surface area contributed by atoms with Crippen LogP contribution in [0, 0.1) is 28.6 Å². The number of hydrogen-bond donors (Lipinski definition) is 0. The second-order valence-electron chi connectivity index (χ2n) is 9.07. The van der Waals surface area contributed by atoms with Gasteiger partial charge in [0.05, 0.1) is 6.10 Å². The fourth-order valence-electron chi connectivity index (χ4n) is 7.32. The van der Waals surface area contributed by atoms with Crippen LogP contribution in [0.5, 0.6) is 0 Å². The lowest BCUT2D eigenvalue weighted by Gasteiger charge is -2.57. The van der Waals surface area contributed by atoms with Crippen LogP contribution in [-0.4, -0.2) is 23.3 Å². The Kier molecular flexibility index (Phi) is 2.40. The van der Waals surface area contributed by atoms with Crippen LogP contribution in [-0.2, 0) is 14.3 Å². The molecule has 0 N–H and O–H groups in total. The molecule has 7 atom stereocenters. The Labute approximate surface area is 132 Å². The zero-order valence-corrected chi connectivity index (χ0v) is 13.7. The molecule has 3 nitrogen and oxygen atoms in total. The molecular formula is C19H26O3. The number of rotatable bonds is 0. The minimum Gasteiger partial charge on any atom is -0.357 e. The summed E-state index contributed by atoms with van der Waals surface area (Å²) in [6.07, 6.45) is 8.17. The molecular weight excluding hydrogens is 276 g/mol. The Morgan fingerprint density at radius 3 is 2.64 bits per heavy atom. The van der Waals surface area contributed by atoms with Crippen LogP contribution in [0.2, 0.25) is 0 Å². The van der Waals surface area contributed by atoms with E-state index in [9.17, 15) is 9.59 Å². The molecule has 4 saturated carbocycles. The number of carbonyl (C=O) groups excluding carboxylic acids is 2. The average molecular weight is 302 g/mol. The summed E-state index contributed by atoms with van der Waals surface area (Å²) in [5, 5.41) is 0. The van der Waals surface area contributed by atoms with Gasteiger partial charge in [-0.3, -0.25) is 9.59 Å². The number of fused-ring (bicyclic) bond motifs is 4. The van der Waals surface area contributed by atoms with Crippen LogP contribution in [0.15, 0.2) is 0 Å². The first-order valence-corrected chi connectivity index (χ1v) is 9.18. The van der Waals surface area contributed by atoms with Gasteiger partial charge in [-0.2, -0.15) is 0 Å². The highest BCUT2D eigenvalue weighted by atomic mass is 16.6. The van der Waals surface area contributed by atoms with Crippen molar-refractivity contribution >= 4 is 11.6 Å². The second-order valence-corrected chi connectivity index (χ2v) is 9.07. The lowest BCUT2D eigenvalue weighted by molar-refractivity contribution is -0.156. The maximum Gasteiger partial charge on any atom is 0.168 e. The number of ether oxygens (including phenoxy) is 1. The van der Waals surface area contributed by atoms with E-state index in [0.717, 1.165) is 38.5 Å². The van der Waals surface area contributed by atoms with Crippen molar-refractivity contribution < 1.29 is 14.3 Å². The maximum atomic E-state index is 13.0. The number of hydrogen-bond acceptors (Lipinski definition) is 3. The Balaban J connectivity index is 1.57. The Morgan fingerprint density at radius 1 is 1.00 bits per heavy atom. The summed E-state index contributed by atoms with van der Waals surface area (Å²) in [5.41, 5.74) is -0.535. The van der Waals surface area contributed by atoms with E-state index in [1.54, 1.807) is 0 Å². The van der Waals surface area contributed by atoms with Gasteiger partial charge in [-0.15, -0.1) is 0 Å². The molecule has 4 aliphatic carbocycles. The zero-order valence-electron chi connectivity index (χ0n) is 13.7. The van der Waals surface area contributed by atoms with Crippen molar-refractivity contribution in [2.75, 3.05) is 0 Å². The van der Waals surface area contributed by atoms with Crippen LogP contribution in [0.25, 0.3) is 0 Å². The van der Waals surface area contributed by atoms with Gasteiger partial charge in [0, 0.05) is 23.7 Å². The van der Waals surface area contributed by atoms with Gasteiger partial charge in [0.2, 0.25) is 0 Å². The lowest BCUT2D eigenvalue weighted by atomic mass is 9.45. The van der Waals surface area contributed by atoms with Gasteiger partial charge in [0.1, 0.15) is 5.78 Å². The summed E-state index contributed by atoms with van der Waals surface area (Å²) in [6, 6.07) is 0. The third kappa shape index (κ3) is 1.27. The van der Waals surface area contributed by atoms with E-state index in [0.29, 0.717) is 35.7 Å². The van der Waals surface area contributed by atoms with E-state index in [-0.39, 0.29) is 16.9 Å². The minimum absolute atomic E-state index is 0.0306. The van der Waals surface area contributed by atoms with Crippen molar-refractivity contribution in [3.8, 4) is 0 Å². The van der Waals surface area contributed by atoms with Crippen LogP contribution < -0.4 is 0 Å². The highest BCUT2D eigenvalue weighted by Crippen LogP contribution is 2.71. The van der Waals surface area contributed by atoms with Crippen LogP contribution in [0.4, 0.5) is 0 Å². The molecule has 1 saturated heterocycles. The summed E-state index contributed by atoms with van der Waals surface area (Å²) in [7, 11) is 0. The molecule has 120 valence electrons. The van der Waals surface area contributed by atoms with Gasteiger partial charge in [-0.25, -0.2) is 0 Å². The molecule has 0 bridgehead atoms. The predicted octanol–water partition coefficient (Wildman–Crippen LogP) is 3.30. The molecule has 1 heterocycles. The summed E-state index contributed by atoms with van der Waals surface area (Å²) >= 11 is 0. The average Bonchev–Trinajstić information content (AvgIpc) is 3.15. The van der Waals surface area contributed by atoms with E-state index >= 15 is 0 Å². The summed E-state index contributed by atoms with van der Waals surface area (Å²) in [6.45, 7) is 4.51. The van der Waals surface area contributed by atoms with Gasteiger partial charge in [0.25, 0.3) is 0 Å². The molecule has 5 aliphatic rings. The first kappa shape index (κ1) is 13.7. The SMILES string of the molecule is C[C@]12CC[C@H]3[C@@H](CC(=O)[C@@]45O[C@@H]4CCC[C@]35C)[C@@H]1CCC2=O. The van der Waals surface area contributed by atoms with Crippen LogP contribution in [0.1, 0.15) is 65.2 Å². The highest BCUT2D eigenvalue weighted by molar-refractivity contribution is 5.94. The Bertz CT molecular complexity index is 583.